The number of carboxylic acid groups (broad SMARTS) is 2. The third-order valence-electron chi connectivity index (χ3n) is 19.7. The third kappa shape index (κ3) is 19.3. The molecule has 8 heterocycles. The van der Waals surface area contributed by atoms with Gasteiger partial charge in [0.1, 0.15) is 11.2 Å². The SMILES string of the molecule is [C-]#[N+]/C(C(=O)O)=c1\s/c(=C\c2sc(-c3sc(-c4sc(-c5sc(-c6sc(-c7sc(-c8ccc9c(c8)CCc8ccccc8N9CC)cc7CCCCCC)cc6CCCCCC)cc5CCCCCC)cc4CCCCCC)cc3CCCCCC)cc2CCCCCC)c(=O)n1CC(=O)O. The monoisotopic (exact) mass is 1470 g/mol. The number of nitrogens with zero attached hydrogens (tertiary/aromatic N) is 3. The van der Waals surface area contributed by atoms with Gasteiger partial charge in [-0.05, 0) is 208 Å². The first kappa shape index (κ1) is 76.7. The van der Waals surface area contributed by atoms with Crippen LogP contribution in [-0.4, -0.2) is 33.3 Å². The average Bonchev–Trinajstić information content (AvgIpc) is 1.61. The van der Waals surface area contributed by atoms with Crippen LogP contribution in [0.3, 0.4) is 0 Å². The maximum atomic E-state index is 14.1. The topological polar surface area (TPSA) is 104 Å². The number of hydrogen-bond donors (Lipinski definition) is 2. The molecule has 10 rings (SSSR count). The minimum Gasteiger partial charge on any atom is -0.486 e. The molecule has 1 aliphatic rings. The molecule has 0 spiro atoms. The molecular weight excluding hydrogens is 1370 g/mol. The van der Waals surface area contributed by atoms with Crippen LogP contribution in [0, 0.1) is 6.57 Å². The van der Waals surface area contributed by atoms with Gasteiger partial charge in [-0.2, -0.15) is 0 Å². The molecule has 0 atom stereocenters. The predicted octanol–water partition coefficient (Wildman–Crippen LogP) is 25.3. The number of rotatable bonds is 41. The highest BCUT2D eigenvalue weighted by Gasteiger charge is 2.27. The molecule has 15 heteroatoms. The summed E-state index contributed by atoms with van der Waals surface area (Å²) in [4.78, 5) is 60.4. The molecule has 0 amide bonds. The van der Waals surface area contributed by atoms with Crippen LogP contribution in [0.4, 0.5) is 11.4 Å². The Hall–Kier alpha value is -5.96. The fraction of sp³-hybridized carbons (Fsp3) is 0.482. The van der Waals surface area contributed by atoms with Crippen molar-refractivity contribution >= 4 is 114 Å². The van der Waals surface area contributed by atoms with Gasteiger partial charge in [-0.3, -0.25) is 19.0 Å². The lowest BCUT2D eigenvalue weighted by molar-refractivity contribution is -0.138. The number of thiophene rings is 6. The summed E-state index contributed by atoms with van der Waals surface area (Å²) in [7, 11) is 0. The molecule has 0 unspecified atom stereocenters. The molecule has 0 fully saturated rings. The van der Waals surface area contributed by atoms with Gasteiger partial charge < -0.3 is 15.1 Å². The zero-order valence-electron chi connectivity index (χ0n) is 60.4. The molecule has 0 bridgehead atoms. The van der Waals surface area contributed by atoms with Crippen LogP contribution in [0.1, 0.15) is 252 Å². The molecule has 0 aliphatic carbocycles. The first-order chi connectivity index (χ1) is 48.8. The summed E-state index contributed by atoms with van der Waals surface area (Å²) in [6, 6.07) is 31.6. The van der Waals surface area contributed by atoms with Crippen LogP contribution in [0.25, 0.3) is 75.8 Å². The average molecular weight is 1470 g/mol. The third-order valence-corrected chi connectivity index (χ3v) is 28.8. The van der Waals surface area contributed by atoms with E-state index in [1.165, 1.54) is 207 Å². The zero-order valence-corrected chi connectivity index (χ0v) is 66.2. The Morgan fingerprint density at radius 3 is 1.24 bits per heavy atom. The maximum Gasteiger partial charge on any atom is 0.336 e. The van der Waals surface area contributed by atoms with Crippen molar-refractivity contribution in [1.82, 2.24) is 4.57 Å². The summed E-state index contributed by atoms with van der Waals surface area (Å²) in [5.41, 5.74) is 14.1. The molecule has 532 valence electrons. The number of carbonyl (C=O) groups is 2. The zero-order chi connectivity index (χ0) is 70.5. The molecule has 7 aromatic heterocycles. The van der Waals surface area contributed by atoms with Crippen molar-refractivity contribution in [2.75, 3.05) is 11.4 Å². The molecule has 8 nitrogen and oxygen atoms in total. The van der Waals surface area contributed by atoms with Gasteiger partial charge in [0, 0.05) is 76.4 Å². The second-order valence-electron chi connectivity index (χ2n) is 27.4. The summed E-state index contributed by atoms with van der Waals surface area (Å²) in [5, 5.41) is 19.9. The molecule has 0 saturated carbocycles. The van der Waals surface area contributed by atoms with Gasteiger partial charge in [0.15, 0.2) is 0 Å². The molecule has 0 saturated heterocycles. The fourth-order valence-electron chi connectivity index (χ4n) is 14.2. The van der Waals surface area contributed by atoms with Gasteiger partial charge in [0.2, 0.25) is 0 Å². The van der Waals surface area contributed by atoms with Crippen molar-refractivity contribution < 1.29 is 19.8 Å². The van der Waals surface area contributed by atoms with E-state index >= 15 is 0 Å². The minimum atomic E-state index is -1.49. The number of carboxylic acids is 2. The van der Waals surface area contributed by atoms with E-state index in [9.17, 15) is 24.6 Å². The highest BCUT2D eigenvalue weighted by Crippen LogP contribution is 2.53. The summed E-state index contributed by atoms with van der Waals surface area (Å²) < 4.78 is 1.01. The van der Waals surface area contributed by atoms with E-state index in [1.807, 2.05) is 40.1 Å². The Morgan fingerprint density at radius 1 is 0.450 bits per heavy atom. The lowest BCUT2D eigenvalue weighted by Crippen LogP contribution is -2.35. The van der Waals surface area contributed by atoms with E-state index in [0.717, 1.165) is 140 Å². The highest BCUT2D eigenvalue weighted by atomic mass is 32.1. The molecule has 9 aromatic rings. The van der Waals surface area contributed by atoms with Gasteiger partial charge in [-0.15, -0.1) is 79.4 Å². The van der Waals surface area contributed by atoms with Crippen LogP contribution in [-0.2, 0) is 67.5 Å². The largest absolute Gasteiger partial charge is 0.486 e. The first-order valence-corrected chi connectivity index (χ1v) is 43.6. The molecule has 1 aliphatic heterocycles. The van der Waals surface area contributed by atoms with Gasteiger partial charge in [-0.25, -0.2) is 4.85 Å². The number of fused-ring (bicyclic) bond motifs is 2. The number of hydrogen-bond acceptors (Lipinski definition) is 11. The van der Waals surface area contributed by atoms with Gasteiger partial charge in [-0.1, -0.05) is 181 Å². The molecule has 100 heavy (non-hydrogen) atoms. The van der Waals surface area contributed by atoms with E-state index < -0.39 is 29.7 Å². The van der Waals surface area contributed by atoms with E-state index in [0.29, 0.717) is 0 Å². The van der Waals surface area contributed by atoms with Crippen LogP contribution < -0.4 is 19.7 Å². The minimum absolute atomic E-state index is 0.149. The van der Waals surface area contributed by atoms with Gasteiger partial charge in [0.25, 0.3) is 5.56 Å². The quantitative estimate of drug-likeness (QED) is 0.0292. The van der Waals surface area contributed by atoms with E-state index in [1.54, 1.807) is 11.3 Å². The Kier molecular flexibility index (Phi) is 29.5. The number of aryl methyl sites for hydroxylation is 8. The Morgan fingerprint density at radius 2 is 0.830 bits per heavy atom. The van der Waals surface area contributed by atoms with Crippen molar-refractivity contribution in [3.63, 3.8) is 0 Å². The Bertz CT molecular complexity index is 4410. The molecule has 0 radical (unpaired) electrons. The summed E-state index contributed by atoms with van der Waals surface area (Å²) >= 11 is 12.6. The lowest BCUT2D eigenvalue weighted by Gasteiger charge is -2.25. The standard InChI is InChI=1S/C85H105N3O5S7/c1-9-16-22-28-37-59-49-70(94-69(59)55-75-83(91)88(56-76(89)90)84(100-75)77(86-8)85(92)93)78-62(39-30-24-18-11-3)51-72(96-78)80-64(41-32-26-20-13-5)53-74(98-80)82-65(42-33-27-21-14-6)54-73(99-82)81-63(40-31-25-19-12-4)52-71(97-81)79-61(38-29-23-17-10-2)50-68(95-79)60-46-47-67-58(48-60)45-44-57-36-34-35-43-66(57)87(67)15-7/h34-36,43,46-55H,9-33,37-42,44-45,56H2,1-7H3,(H,89,90)(H,92,93)/b75-55-,84-77-. The van der Waals surface area contributed by atoms with Crippen LogP contribution >= 0.6 is 79.4 Å². The van der Waals surface area contributed by atoms with Crippen molar-refractivity contribution in [3.8, 4) is 59.2 Å². The normalized spacial score (nSPS) is 12.7. The van der Waals surface area contributed by atoms with E-state index in [2.05, 4.69) is 160 Å². The number of thiazole rings is 1. The van der Waals surface area contributed by atoms with Gasteiger partial charge in [0.05, 0.1) is 11.1 Å². The number of unbranched alkanes of at least 4 members (excludes halogenated alkanes) is 18. The maximum absolute atomic E-state index is 14.1. The van der Waals surface area contributed by atoms with Crippen molar-refractivity contribution in [1.29, 1.82) is 0 Å². The molecular formula is C85H105N3O5S7. The number of aromatic nitrogens is 1. The number of aliphatic carboxylic acids is 2. The lowest BCUT2D eigenvalue weighted by atomic mass is 10.0. The number of para-hydroxylation sites is 1. The van der Waals surface area contributed by atoms with Crippen LogP contribution in [0.15, 0.2) is 83.7 Å². The smallest absolute Gasteiger partial charge is 0.336 e. The number of benzene rings is 2. The Labute approximate surface area is 624 Å². The Balaban J connectivity index is 1.09. The van der Waals surface area contributed by atoms with E-state index in [-0.39, 0.29) is 9.20 Å². The predicted molar refractivity (Wildman–Crippen MR) is 437 cm³/mol. The van der Waals surface area contributed by atoms with Gasteiger partial charge >= 0.3 is 17.6 Å². The first-order valence-electron chi connectivity index (χ1n) is 37.9. The number of anilines is 2. The molecule has 2 aromatic carbocycles. The highest BCUT2D eigenvalue weighted by molar-refractivity contribution is 7.31. The summed E-state index contributed by atoms with van der Waals surface area (Å²) in [5.74, 6) is -2.77. The van der Waals surface area contributed by atoms with Crippen molar-refractivity contribution in [3.05, 3.63) is 159 Å². The second-order valence-corrected chi connectivity index (χ2v) is 34.7. The van der Waals surface area contributed by atoms with Crippen molar-refractivity contribution in [2.24, 2.45) is 0 Å². The molecule has 2 N–H and O–H groups in total. The fourth-order valence-corrected chi connectivity index (χ4v) is 23.3. The van der Waals surface area contributed by atoms with Crippen LogP contribution in [0.5, 0.6) is 0 Å². The van der Waals surface area contributed by atoms with Crippen molar-refractivity contribution in [2.45, 2.75) is 260 Å². The second kappa shape index (κ2) is 38.5. The van der Waals surface area contributed by atoms with Crippen LogP contribution in [0.2, 0.25) is 0 Å². The summed E-state index contributed by atoms with van der Waals surface area (Å²) in [6.07, 6.45) is 38.4. The van der Waals surface area contributed by atoms with E-state index in [4.69, 9.17) is 6.57 Å². The summed E-state index contributed by atoms with van der Waals surface area (Å²) in [6.45, 7) is 23.9.